The summed E-state index contributed by atoms with van der Waals surface area (Å²) in [7, 11) is 0. The molecule has 5 heteroatoms. The van der Waals surface area contributed by atoms with Crippen molar-refractivity contribution in [1.29, 1.82) is 0 Å². The first-order chi connectivity index (χ1) is 12.2. The van der Waals surface area contributed by atoms with Crippen LogP contribution in [0.15, 0.2) is 18.2 Å². The molecule has 3 aliphatic rings. The van der Waals surface area contributed by atoms with E-state index in [0.29, 0.717) is 18.8 Å². The van der Waals surface area contributed by atoms with Gasteiger partial charge in [-0.3, -0.25) is 9.80 Å². The largest absolute Gasteiger partial charge is 0.454 e. The molecule has 4 rings (SSSR count). The smallest absolute Gasteiger partial charge is 0.231 e. The van der Waals surface area contributed by atoms with Gasteiger partial charge < -0.3 is 14.6 Å². The van der Waals surface area contributed by atoms with E-state index in [2.05, 4.69) is 28.9 Å². The van der Waals surface area contributed by atoms with Crippen molar-refractivity contribution < 1.29 is 14.6 Å². The third-order valence-corrected chi connectivity index (χ3v) is 5.94. The molecule has 0 amide bonds. The Labute approximate surface area is 150 Å². The van der Waals surface area contributed by atoms with Crippen molar-refractivity contribution in [3.8, 4) is 11.5 Å². The molecule has 0 aliphatic carbocycles. The van der Waals surface area contributed by atoms with Gasteiger partial charge in [-0.15, -0.1) is 0 Å². The summed E-state index contributed by atoms with van der Waals surface area (Å²) in [5, 5.41) is 9.46. The highest BCUT2D eigenvalue weighted by Gasteiger charge is 2.36. The van der Waals surface area contributed by atoms with Gasteiger partial charge in [0.25, 0.3) is 0 Å². The quantitative estimate of drug-likeness (QED) is 0.855. The van der Waals surface area contributed by atoms with Crippen LogP contribution in [0.5, 0.6) is 11.5 Å². The van der Waals surface area contributed by atoms with Crippen molar-refractivity contribution in [1.82, 2.24) is 9.80 Å². The maximum absolute atomic E-state index is 9.46. The number of ether oxygens (including phenoxy) is 2. The van der Waals surface area contributed by atoms with Crippen LogP contribution in [0.25, 0.3) is 0 Å². The normalized spacial score (nSPS) is 27.4. The van der Waals surface area contributed by atoms with Gasteiger partial charge in [0, 0.05) is 38.3 Å². The van der Waals surface area contributed by atoms with Crippen LogP contribution in [0, 0.1) is 5.92 Å². The maximum atomic E-state index is 9.46. The molecule has 0 saturated carbocycles. The highest BCUT2D eigenvalue weighted by molar-refractivity contribution is 5.44. The molecule has 5 nitrogen and oxygen atoms in total. The lowest BCUT2D eigenvalue weighted by Gasteiger charge is -2.44. The van der Waals surface area contributed by atoms with Crippen LogP contribution in [0.2, 0.25) is 0 Å². The molecule has 1 aromatic carbocycles. The van der Waals surface area contributed by atoms with Crippen molar-refractivity contribution in [3.05, 3.63) is 23.8 Å². The minimum absolute atomic E-state index is 0.288. The average Bonchev–Trinajstić information content (AvgIpc) is 3.23. The van der Waals surface area contributed by atoms with Gasteiger partial charge >= 0.3 is 0 Å². The summed E-state index contributed by atoms with van der Waals surface area (Å²) in [4.78, 5) is 5.28. The van der Waals surface area contributed by atoms with Gasteiger partial charge in [-0.1, -0.05) is 13.0 Å². The zero-order valence-corrected chi connectivity index (χ0v) is 15.2. The standard InChI is InChI=1S/C20H30N2O3/c1-15(9-16-4-5-19-20(10-16)25-14-24-19)11-22-13-17-3-2-7-21(17)12-18(22)6-8-23/h4-5,10,15,17-18,23H,2-3,6-9,11-14H2,1H3/t15?,17?,18-/m1/s1. The first-order valence-electron chi connectivity index (χ1n) is 9.70. The van der Waals surface area contributed by atoms with Crippen molar-refractivity contribution in [3.63, 3.8) is 0 Å². The van der Waals surface area contributed by atoms with Crippen LogP contribution in [0.3, 0.4) is 0 Å². The Kier molecular flexibility index (Phi) is 5.15. The van der Waals surface area contributed by atoms with Gasteiger partial charge in [-0.2, -0.15) is 0 Å². The molecule has 3 aliphatic heterocycles. The molecular formula is C20H30N2O3. The van der Waals surface area contributed by atoms with Crippen LogP contribution in [-0.4, -0.2) is 66.6 Å². The van der Waals surface area contributed by atoms with Gasteiger partial charge in [-0.05, 0) is 55.8 Å². The summed E-state index contributed by atoms with van der Waals surface area (Å²) in [6, 6.07) is 7.53. The second-order valence-electron chi connectivity index (χ2n) is 7.91. The molecule has 1 N–H and O–H groups in total. The highest BCUT2D eigenvalue weighted by atomic mass is 16.7. The summed E-state index contributed by atoms with van der Waals surface area (Å²) in [6.45, 7) is 7.59. The molecule has 25 heavy (non-hydrogen) atoms. The van der Waals surface area contributed by atoms with Crippen molar-refractivity contribution in [2.45, 2.75) is 44.7 Å². The van der Waals surface area contributed by atoms with Crippen LogP contribution >= 0.6 is 0 Å². The van der Waals surface area contributed by atoms with Crippen LogP contribution < -0.4 is 9.47 Å². The highest BCUT2D eigenvalue weighted by Crippen LogP contribution is 2.33. The average molecular weight is 346 g/mol. The Hall–Kier alpha value is -1.30. The Balaban J connectivity index is 1.37. The first-order valence-corrected chi connectivity index (χ1v) is 9.70. The number of fused-ring (bicyclic) bond motifs is 2. The molecule has 0 bridgehead atoms. The third-order valence-electron chi connectivity index (χ3n) is 5.94. The zero-order valence-electron chi connectivity index (χ0n) is 15.2. The number of piperazine rings is 1. The minimum atomic E-state index is 0.288. The molecule has 138 valence electrons. The molecule has 2 fully saturated rings. The van der Waals surface area contributed by atoms with Gasteiger partial charge in [0.05, 0.1) is 0 Å². The molecule has 2 saturated heterocycles. The van der Waals surface area contributed by atoms with E-state index in [1.165, 1.54) is 24.9 Å². The fourth-order valence-electron chi connectivity index (χ4n) is 4.73. The minimum Gasteiger partial charge on any atom is -0.454 e. The maximum Gasteiger partial charge on any atom is 0.231 e. The van der Waals surface area contributed by atoms with E-state index in [9.17, 15) is 5.11 Å². The molecule has 0 aromatic heterocycles. The van der Waals surface area contributed by atoms with Crippen molar-refractivity contribution in [2.75, 3.05) is 39.6 Å². The summed E-state index contributed by atoms with van der Waals surface area (Å²) >= 11 is 0. The van der Waals surface area contributed by atoms with Crippen LogP contribution in [-0.2, 0) is 6.42 Å². The second-order valence-corrected chi connectivity index (χ2v) is 7.91. The predicted octanol–water partition coefficient (Wildman–Crippen LogP) is 2.12. The predicted molar refractivity (Wildman–Crippen MR) is 97.1 cm³/mol. The zero-order chi connectivity index (χ0) is 17.2. The number of hydrogen-bond acceptors (Lipinski definition) is 5. The number of hydrogen-bond donors (Lipinski definition) is 1. The van der Waals surface area contributed by atoms with Gasteiger partial charge in [0.2, 0.25) is 6.79 Å². The third kappa shape index (κ3) is 3.78. The van der Waals surface area contributed by atoms with Crippen LogP contribution in [0.1, 0.15) is 31.7 Å². The summed E-state index contributed by atoms with van der Waals surface area (Å²) in [6.07, 6.45) is 4.60. The number of aliphatic hydroxyl groups excluding tert-OH is 1. The van der Waals surface area contributed by atoms with Crippen molar-refractivity contribution >= 4 is 0 Å². The Bertz CT molecular complexity index is 594. The van der Waals surface area contributed by atoms with E-state index in [-0.39, 0.29) is 6.61 Å². The first kappa shape index (κ1) is 17.1. The van der Waals surface area contributed by atoms with E-state index < -0.39 is 0 Å². The van der Waals surface area contributed by atoms with Gasteiger partial charge in [0.15, 0.2) is 11.5 Å². The lowest BCUT2D eigenvalue weighted by molar-refractivity contribution is 0.0300. The SMILES string of the molecule is CC(Cc1ccc2c(c1)OCO2)CN1CC2CCCN2C[C@H]1CCO. The monoisotopic (exact) mass is 346 g/mol. The van der Waals surface area contributed by atoms with E-state index in [4.69, 9.17) is 9.47 Å². The van der Waals surface area contributed by atoms with Gasteiger partial charge in [0.1, 0.15) is 0 Å². The van der Waals surface area contributed by atoms with Crippen molar-refractivity contribution in [2.24, 2.45) is 5.92 Å². The molecule has 3 heterocycles. The van der Waals surface area contributed by atoms with E-state index in [1.54, 1.807) is 0 Å². The fraction of sp³-hybridized carbons (Fsp3) is 0.700. The molecule has 3 atom stereocenters. The Morgan fingerprint density at radius 3 is 3.00 bits per heavy atom. The van der Waals surface area contributed by atoms with Gasteiger partial charge in [-0.25, -0.2) is 0 Å². The lowest BCUT2D eigenvalue weighted by atomic mass is 9.97. The topological polar surface area (TPSA) is 45.2 Å². The number of benzene rings is 1. The summed E-state index contributed by atoms with van der Waals surface area (Å²) in [5.74, 6) is 2.31. The fourth-order valence-corrected chi connectivity index (χ4v) is 4.73. The number of nitrogens with zero attached hydrogens (tertiary/aromatic N) is 2. The molecule has 0 radical (unpaired) electrons. The molecule has 1 aromatic rings. The van der Waals surface area contributed by atoms with E-state index in [0.717, 1.165) is 50.0 Å². The second kappa shape index (κ2) is 7.52. The number of rotatable bonds is 6. The Morgan fingerprint density at radius 1 is 1.24 bits per heavy atom. The van der Waals surface area contributed by atoms with E-state index >= 15 is 0 Å². The molecular weight excluding hydrogens is 316 g/mol. The summed E-state index contributed by atoms with van der Waals surface area (Å²) in [5.41, 5.74) is 1.31. The van der Waals surface area contributed by atoms with E-state index in [1.807, 2.05) is 6.07 Å². The Morgan fingerprint density at radius 2 is 2.12 bits per heavy atom. The molecule has 0 spiro atoms. The molecule has 2 unspecified atom stereocenters. The lowest BCUT2D eigenvalue weighted by Crippen LogP contribution is -2.57. The van der Waals surface area contributed by atoms with Crippen LogP contribution in [0.4, 0.5) is 0 Å². The number of aliphatic hydroxyl groups is 1. The summed E-state index contributed by atoms with van der Waals surface area (Å²) < 4.78 is 10.9.